The summed E-state index contributed by atoms with van der Waals surface area (Å²) < 4.78 is 26.9. The van der Waals surface area contributed by atoms with E-state index < -0.39 is 16.1 Å². The van der Waals surface area contributed by atoms with Crippen molar-refractivity contribution in [3.05, 3.63) is 22.7 Å². The Kier molecular flexibility index (Phi) is 6.46. The molecule has 1 aromatic rings. The number of nitrogens with two attached hydrogens (primary N) is 1. The molecule has 5 nitrogen and oxygen atoms in total. The summed E-state index contributed by atoms with van der Waals surface area (Å²) in [7, 11) is -3.80. The van der Waals surface area contributed by atoms with Crippen LogP contribution >= 0.6 is 11.6 Å². The first-order valence-corrected chi connectivity index (χ1v) is 8.82. The third-order valence-electron chi connectivity index (χ3n) is 3.69. The molecular weight excluding hydrogens is 312 g/mol. The van der Waals surface area contributed by atoms with Gasteiger partial charge >= 0.3 is 0 Å². The van der Waals surface area contributed by atoms with Crippen molar-refractivity contribution in [1.29, 1.82) is 0 Å². The number of halogens is 1. The molecule has 0 radical (unpaired) electrons. The Bertz CT molecular complexity index is 586. The van der Waals surface area contributed by atoms with Crippen LogP contribution in [0.15, 0.2) is 17.0 Å². The molecule has 0 saturated heterocycles. The fraction of sp³-hybridized carbons (Fsp3) is 0.571. The Morgan fingerprint density at radius 3 is 2.43 bits per heavy atom. The van der Waals surface area contributed by atoms with Gasteiger partial charge in [-0.15, -0.1) is 0 Å². The van der Waals surface area contributed by atoms with E-state index in [1.807, 2.05) is 13.8 Å². The van der Waals surface area contributed by atoms with Crippen LogP contribution in [0.5, 0.6) is 0 Å². The van der Waals surface area contributed by atoms with Crippen LogP contribution in [-0.2, 0) is 10.0 Å². The molecule has 0 aromatic heterocycles. The van der Waals surface area contributed by atoms with Gasteiger partial charge in [0.1, 0.15) is 4.90 Å². The summed E-state index contributed by atoms with van der Waals surface area (Å²) in [4.78, 5) is -0.0657. The zero-order chi connectivity index (χ0) is 16.2. The third kappa shape index (κ3) is 4.57. The first-order chi connectivity index (χ1) is 9.72. The van der Waals surface area contributed by atoms with Gasteiger partial charge in [-0.05, 0) is 30.5 Å². The quantitative estimate of drug-likeness (QED) is 0.667. The maximum absolute atomic E-state index is 12.3. The molecular formula is C14H23ClN2O3S. The summed E-state index contributed by atoms with van der Waals surface area (Å²) in [6, 6.07) is 2.85. The highest BCUT2D eigenvalue weighted by molar-refractivity contribution is 7.89. The fourth-order valence-corrected chi connectivity index (χ4v) is 3.81. The monoisotopic (exact) mass is 334 g/mol. The molecule has 21 heavy (non-hydrogen) atoms. The summed E-state index contributed by atoms with van der Waals surface area (Å²) in [5.74, 6) is 0.0614. The Morgan fingerprint density at radius 2 is 1.90 bits per heavy atom. The van der Waals surface area contributed by atoms with Crippen molar-refractivity contribution in [3.8, 4) is 0 Å². The lowest BCUT2D eigenvalue weighted by atomic mass is 9.97. The molecule has 1 rings (SSSR count). The lowest BCUT2D eigenvalue weighted by Gasteiger charge is -2.20. The van der Waals surface area contributed by atoms with E-state index in [2.05, 4.69) is 4.72 Å². The zero-order valence-electron chi connectivity index (χ0n) is 12.6. The number of aliphatic hydroxyl groups is 1. The van der Waals surface area contributed by atoms with E-state index in [-0.39, 0.29) is 22.4 Å². The molecule has 4 N–H and O–H groups in total. The molecule has 0 aliphatic carbocycles. The zero-order valence-corrected chi connectivity index (χ0v) is 14.1. The molecule has 0 heterocycles. The van der Waals surface area contributed by atoms with Crippen LogP contribution in [0.4, 0.5) is 5.69 Å². The SMILES string of the molecule is CCC(CC)C(O)CNS(=O)(=O)c1cc(N)c(C)cc1Cl. The molecule has 0 aliphatic rings. The predicted octanol–water partition coefficient (Wildman–Crippen LogP) is 2.31. The number of anilines is 1. The third-order valence-corrected chi connectivity index (χ3v) is 5.57. The second kappa shape index (κ2) is 7.45. The minimum absolute atomic E-state index is 0.0429. The van der Waals surface area contributed by atoms with Crippen LogP contribution in [0, 0.1) is 12.8 Å². The van der Waals surface area contributed by atoms with Gasteiger partial charge in [-0.2, -0.15) is 0 Å². The number of nitrogen functional groups attached to an aromatic ring is 1. The molecule has 0 spiro atoms. The van der Waals surface area contributed by atoms with Gasteiger partial charge in [0.25, 0.3) is 0 Å². The van der Waals surface area contributed by atoms with Crippen molar-refractivity contribution < 1.29 is 13.5 Å². The minimum atomic E-state index is -3.80. The summed E-state index contributed by atoms with van der Waals surface area (Å²) in [5.41, 5.74) is 6.81. The van der Waals surface area contributed by atoms with Crippen molar-refractivity contribution in [1.82, 2.24) is 4.72 Å². The van der Waals surface area contributed by atoms with Crippen LogP contribution in [0.25, 0.3) is 0 Å². The number of hydrogen-bond donors (Lipinski definition) is 3. The average Bonchev–Trinajstić information content (AvgIpc) is 2.42. The van der Waals surface area contributed by atoms with Crippen LogP contribution < -0.4 is 10.5 Å². The van der Waals surface area contributed by atoms with Gasteiger partial charge in [0.2, 0.25) is 10.0 Å². The lowest BCUT2D eigenvalue weighted by Crippen LogP contribution is -2.36. The highest BCUT2D eigenvalue weighted by atomic mass is 35.5. The molecule has 0 saturated carbocycles. The van der Waals surface area contributed by atoms with Crippen molar-refractivity contribution in [3.63, 3.8) is 0 Å². The molecule has 120 valence electrons. The van der Waals surface area contributed by atoms with E-state index >= 15 is 0 Å². The molecule has 0 fully saturated rings. The molecule has 0 bridgehead atoms. The van der Waals surface area contributed by atoms with Crippen LogP contribution in [0.1, 0.15) is 32.3 Å². The average molecular weight is 335 g/mol. The van der Waals surface area contributed by atoms with Crippen LogP contribution in [0.3, 0.4) is 0 Å². The Hall–Kier alpha value is -0.820. The number of hydrogen-bond acceptors (Lipinski definition) is 4. The van der Waals surface area contributed by atoms with Gasteiger partial charge in [0.15, 0.2) is 0 Å². The first kappa shape index (κ1) is 18.2. The summed E-state index contributed by atoms with van der Waals surface area (Å²) in [5, 5.41) is 10.1. The van der Waals surface area contributed by atoms with Crippen LogP contribution in [0.2, 0.25) is 5.02 Å². The van der Waals surface area contributed by atoms with E-state index in [0.29, 0.717) is 5.69 Å². The summed E-state index contributed by atoms with van der Waals surface area (Å²) in [6.45, 7) is 5.63. The van der Waals surface area contributed by atoms with E-state index in [1.54, 1.807) is 6.92 Å². The van der Waals surface area contributed by atoms with Crippen molar-refractivity contribution in [2.45, 2.75) is 44.6 Å². The van der Waals surface area contributed by atoms with Gasteiger partial charge in [0.05, 0.1) is 11.1 Å². The maximum atomic E-state index is 12.3. The molecule has 7 heteroatoms. The number of aryl methyl sites for hydroxylation is 1. The lowest BCUT2D eigenvalue weighted by molar-refractivity contribution is 0.107. The number of aliphatic hydroxyl groups excluding tert-OH is 1. The topological polar surface area (TPSA) is 92.4 Å². The first-order valence-electron chi connectivity index (χ1n) is 6.96. The van der Waals surface area contributed by atoms with Gasteiger partial charge in [-0.1, -0.05) is 38.3 Å². The smallest absolute Gasteiger partial charge is 0.242 e. The van der Waals surface area contributed by atoms with Crippen LogP contribution in [-0.4, -0.2) is 26.2 Å². The normalized spacial score (nSPS) is 13.6. The number of rotatable bonds is 7. The maximum Gasteiger partial charge on any atom is 0.242 e. The number of benzene rings is 1. The van der Waals surface area contributed by atoms with Gasteiger partial charge in [0, 0.05) is 12.2 Å². The Balaban J connectivity index is 2.90. The highest BCUT2D eigenvalue weighted by Crippen LogP contribution is 2.26. The van der Waals surface area contributed by atoms with Gasteiger partial charge in [-0.3, -0.25) is 0 Å². The molecule has 0 amide bonds. The Morgan fingerprint density at radius 1 is 1.33 bits per heavy atom. The highest BCUT2D eigenvalue weighted by Gasteiger charge is 2.22. The van der Waals surface area contributed by atoms with Crippen molar-refractivity contribution in [2.75, 3.05) is 12.3 Å². The summed E-state index contributed by atoms with van der Waals surface area (Å²) in [6.07, 6.45) is 0.853. The van der Waals surface area contributed by atoms with E-state index in [0.717, 1.165) is 18.4 Å². The molecule has 1 aromatic carbocycles. The van der Waals surface area contributed by atoms with E-state index in [9.17, 15) is 13.5 Å². The number of sulfonamides is 1. The second-order valence-corrected chi connectivity index (χ2v) is 7.28. The van der Waals surface area contributed by atoms with Gasteiger partial charge in [-0.25, -0.2) is 13.1 Å². The van der Waals surface area contributed by atoms with E-state index in [4.69, 9.17) is 17.3 Å². The largest absolute Gasteiger partial charge is 0.398 e. The number of nitrogens with one attached hydrogen (secondary N) is 1. The summed E-state index contributed by atoms with van der Waals surface area (Å²) >= 11 is 5.98. The van der Waals surface area contributed by atoms with Crippen molar-refractivity contribution in [2.24, 2.45) is 5.92 Å². The van der Waals surface area contributed by atoms with E-state index in [1.165, 1.54) is 12.1 Å². The second-order valence-electron chi connectivity index (χ2n) is 5.14. The predicted molar refractivity (Wildman–Crippen MR) is 85.9 cm³/mol. The molecule has 1 unspecified atom stereocenters. The standard InChI is InChI=1S/C14H23ClN2O3S/c1-4-10(5-2)13(18)8-17-21(19,20)14-7-12(16)9(3)6-11(14)15/h6-7,10,13,17-18H,4-5,8,16H2,1-3H3. The molecule has 1 atom stereocenters. The van der Waals surface area contributed by atoms with Gasteiger partial charge < -0.3 is 10.8 Å². The Labute approximate surface area is 131 Å². The fourth-order valence-electron chi connectivity index (χ4n) is 2.15. The minimum Gasteiger partial charge on any atom is -0.398 e. The molecule has 0 aliphatic heterocycles. The van der Waals surface area contributed by atoms with Crippen molar-refractivity contribution >= 4 is 27.3 Å².